The molecule has 1 aliphatic rings. The standard InChI is InChI=1S/C19H21F3N8OS/c1-11-4-3-9-29(14(11)10-23-18-28-27-17(32-18)19(20,21)22)16(31)15-13(6-5-12(2)26-15)30-24-7-8-25-30/h5-8,11,14H,3-4,9-10H2,1-2H3,(H,23,28)/t11-,14?/m1/s1. The molecule has 1 aliphatic heterocycles. The Balaban J connectivity index is 1.57. The van der Waals surface area contributed by atoms with Gasteiger partial charge in [-0.15, -0.1) is 15.0 Å². The molecule has 1 fully saturated rings. The van der Waals surface area contributed by atoms with Crippen LogP contribution >= 0.6 is 11.3 Å². The van der Waals surface area contributed by atoms with Crippen molar-refractivity contribution in [3.05, 3.63) is 40.9 Å². The highest BCUT2D eigenvalue weighted by molar-refractivity contribution is 7.15. The van der Waals surface area contributed by atoms with Crippen LogP contribution in [0.4, 0.5) is 18.3 Å². The number of carbonyl (C=O) groups excluding carboxylic acids is 1. The first-order chi connectivity index (χ1) is 15.2. The summed E-state index contributed by atoms with van der Waals surface area (Å²) in [5, 5.41) is 17.0. The van der Waals surface area contributed by atoms with Gasteiger partial charge in [-0.25, -0.2) is 4.98 Å². The van der Waals surface area contributed by atoms with Gasteiger partial charge in [0.05, 0.1) is 18.4 Å². The zero-order chi connectivity index (χ0) is 22.9. The largest absolute Gasteiger partial charge is 0.445 e. The van der Waals surface area contributed by atoms with Gasteiger partial charge in [-0.3, -0.25) is 4.79 Å². The fraction of sp³-hybridized carbons (Fsp3) is 0.474. The van der Waals surface area contributed by atoms with Crippen molar-refractivity contribution in [2.45, 2.75) is 38.9 Å². The van der Waals surface area contributed by atoms with Gasteiger partial charge >= 0.3 is 6.18 Å². The van der Waals surface area contributed by atoms with E-state index in [9.17, 15) is 18.0 Å². The van der Waals surface area contributed by atoms with E-state index in [1.807, 2.05) is 6.92 Å². The van der Waals surface area contributed by atoms with Gasteiger partial charge in [0.2, 0.25) is 10.1 Å². The van der Waals surface area contributed by atoms with E-state index in [0.717, 1.165) is 12.8 Å². The van der Waals surface area contributed by atoms with E-state index in [-0.39, 0.29) is 35.2 Å². The van der Waals surface area contributed by atoms with E-state index >= 15 is 0 Å². The number of alkyl halides is 3. The normalized spacial score (nSPS) is 19.2. The summed E-state index contributed by atoms with van der Waals surface area (Å²) >= 11 is 0.444. The minimum Gasteiger partial charge on any atom is -0.358 e. The summed E-state index contributed by atoms with van der Waals surface area (Å²) in [5.74, 6) is -0.140. The Bertz CT molecular complexity index is 1080. The lowest BCUT2D eigenvalue weighted by Gasteiger charge is -2.40. The lowest BCUT2D eigenvalue weighted by molar-refractivity contribution is -0.138. The first kappa shape index (κ1) is 22.1. The van der Waals surface area contributed by atoms with Crippen LogP contribution in [0.1, 0.15) is 41.0 Å². The van der Waals surface area contributed by atoms with Crippen LogP contribution in [-0.2, 0) is 6.18 Å². The van der Waals surface area contributed by atoms with Gasteiger partial charge < -0.3 is 10.2 Å². The van der Waals surface area contributed by atoms with Crippen molar-refractivity contribution in [3.8, 4) is 5.69 Å². The smallest absolute Gasteiger partial charge is 0.358 e. The van der Waals surface area contributed by atoms with E-state index in [1.54, 1.807) is 24.0 Å². The fourth-order valence-electron chi connectivity index (χ4n) is 3.76. The van der Waals surface area contributed by atoms with Crippen LogP contribution in [0.25, 0.3) is 5.69 Å². The minimum atomic E-state index is -4.54. The van der Waals surface area contributed by atoms with Crippen LogP contribution in [-0.4, -0.2) is 60.1 Å². The number of hydrogen-bond acceptors (Lipinski definition) is 8. The van der Waals surface area contributed by atoms with Crippen LogP contribution in [0.2, 0.25) is 0 Å². The maximum Gasteiger partial charge on any atom is 0.445 e. The molecule has 0 aliphatic carbocycles. The van der Waals surface area contributed by atoms with Crippen LogP contribution in [0.5, 0.6) is 0 Å². The number of anilines is 1. The molecule has 4 rings (SSSR count). The molecule has 3 aromatic rings. The van der Waals surface area contributed by atoms with Crippen molar-refractivity contribution in [1.82, 2.24) is 35.1 Å². The Hall–Kier alpha value is -3.09. The number of rotatable bonds is 5. The first-order valence-corrected chi connectivity index (χ1v) is 10.9. The summed E-state index contributed by atoms with van der Waals surface area (Å²) in [6.45, 7) is 4.58. The van der Waals surface area contributed by atoms with Gasteiger partial charge in [-0.2, -0.15) is 23.4 Å². The molecule has 32 heavy (non-hydrogen) atoms. The van der Waals surface area contributed by atoms with E-state index in [0.29, 0.717) is 29.3 Å². The second-order valence-electron chi connectivity index (χ2n) is 7.62. The molecule has 0 aromatic carbocycles. The Morgan fingerprint density at radius 2 is 2.00 bits per heavy atom. The van der Waals surface area contributed by atoms with Crippen LogP contribution in [0.3, 0.4) is 0 Å². The topological polar surface area (TPSA) is 102 Å². The molecule has 0 radical (unpaired) electrons. The molecule has 0 bridgehead atoms. The maximum atomic E-state index is 13.6. The maximum absolute atomic E-state index is 13.6. The van der Waals surface area contributed by atoms with Crippen LogP contribution < -0.4 is 5.32 Å². The minimum absolute atomic E-state index is 0.0672. The van der Waals surface area contributed by atoms with E-state index in [4.69, 9.17) is 0 Å². The zero-order valence-electron chi connectivity index (χ0n) is 17.4. The van der Waals surface area contributed by atoms with Crippen LogP contribution in [0.15, 0.2) is 24.5 Å². The third-order valence-electron chi connectivity index (χ3n) is 5.36. The van der Waals surface area contributed by atoms with Gasteiger partial charge in [0, 0.05) is 18.8 Å². The van der Waals surface area contributed by atoms with Gasteiger partial charge in [0.25, 0.3) is 5.91 Å². The highest BCUT2D eigenvalue weighted by Gasteiger charge is 2.37. The van der Waals surface area contributed by atoms with E-state index < -0.39 is 11.2 Å². The monoisotopic (exact) mass is 466 g/mol. The molecule has 170 valence electrons. The van der Waals surface area contributed by atoms with E-state index in [2.05, 4.69) is 30.7 Å². The van der Waals surface area contributed by atoms with Crippen molar-refractivity contribution in [1.29, 1.82) is 0 Å². The summed E-state index contributed by atoms with van der Waals surface area (Å²) in [6.07, 6.45) is 0.212. The molecule has 2 atom stereocenters. The van der Waals surface area contributed by atoms with Crippen molar-refractivity contribution in [2.75, 3.05) is 18.4 Å². The van der Waals surface area contributed by atoms with Crippen molar-refractivity contribution in [2.24, 2.45) is 5.92 Å². The average molecular weight is 466 g/mol. The highest BCUT2D eigenvalue weighted by atomic mass is 32.1. The number of hydrogen-bond donors (Lipinski definition) is 1. The molecule has 0 spiro atoms. The second-order valence-corrected chi connectivity index (χ2v) is 8.59. The second kappa shape index (κ2) is 8.81. The van der Waals surface area contributed by atoms with Crippen LogP contribution in [0, 0.1) is 12.8 Å². The number of likely N-dealkylation sites (tertiary alicyclic amines) is 1. The molecule has 1 amide bonds. The van der Waals surface area contributed by atoms with Gasteiger partial charge in [-0.1, -0.05) is 18.3 Å². The highest BCUT2D eigenvalue weighted by Crippen LogP contribution is 2.33. The molecule has 4 heterocycles. The number of halogens is 3. The zero-order valence-corrected chi connectivity index (χ0v) is 18.2. The predicted octanol–water partition coefficient (Wildman–Crippen LogP) is 3.19. The Morgan fingerprint density at radius 3 is 2.69 bits per heavy atom. The summed E-state index contributed by atoms with van der Waals surface area (Å²) < 4.78 is 38.4. The molecular weight excluding hydrogens is 445 g/mol. The molecular formula is C19H21F3N8OS. The number of amides is 1. The SMILES string of the molecule is Cc1ccc(-n2nccn2)c(C(=O)N2CCC[C@@H](C)C2CNc2nnc(C(F)(F)F)s2)n1. The summed E-state index contributed by atoms with van der Waals surface area (Å²) in [5.41, 5.74) is 1.38. The Kier molecular flexibility index (Phi) is 6.09. The number of piperidine rings is 1. The lowest BCUT2D eigenvalue weighted by Crippen LogP contribution is -2.51. The molecule has 1 saturated heterocycles. The summed E-state index contributed by atoms with van der Waals surface area (Å²) in [6, 6.07) is 3.27. The number of nitrogens with zero attached hydrogens (tertiary/aromatic N) is 7. The molecule has 3 aromatic heterocycles. The van der Waals surface area contributed by atoms with Gasteiger partial charge in [0.15, 0.2) is 5.69 Å². The first-order valence-electron chi connectivity index (χ1n) is 10.0. The summed E-state index contributed by atoms with van der Waals surface area (Å²) in [7, 11) is 0. The Labute approximate surface area is 185 Å². The number of carbonyl (C=O) groups is 1. The Morgan fingerprint density at radius 1 is 1.25 bits per heavy atom. The van der Waals surface area contributed by atoms with Crippen molar-refractivity contribution < 1.29 is 18.0 Å². The third kappa shape index (κ3) is 4.56. The third-order valence-corrected chi connectivity index (χ3v) is 6.28. The molecule has 1 unspecified atom stereocenters. The predicted molar refractivity (Wildman–Crippen MR) is 111 cm³/mol. The summed E-state index contributed by atoms with van der Waals surface area (Å²) in [4.78, 5) is 21.1. The van der Waals surface area contributed by atoms with E-state index in [1.165, 1.54) is 17.2 Å². The average Bonchev–Trinajstić information content (AvgIpc) is 3.44. The lowest BCUT2D eigenvalue weighted by atomic mass is 9.90. The fourth-order valence-corrected chi connectivity index (χ4v) is 4.38. The number of nitrogens with one attached hydrogen (secondary N) is 1. The molecule has 9 nitrogen and oxygen atoms in total. The molecule has 1 N–H and O–H groups in total. The number of aromatic nitrogens is 6. The quantitative estimate of drug-likeness (QED) is 0.616. The van der Waals surface area contributed by atoms with Gasteiger partial charge in [-0.05, 0) is 37.8 Å². The number of pyridine rings is 1. The molecule has 0 saturated carbocycles. The van der Waals surface area contributed by atoms with Gasteiger partial charge in [0.1, 0.15) is 5.69 Å². The number of aryl methyl sites for hydroxylation is 1. The van der Waals surface area contributed by atoms with Crippen molar-refractivity contribution >= 4 is 22.4 Å². The van der Waals surface area contributed by atoms with Crippen molar-refractivity contribution in [3.63, 3.8) is 0 Å². The molecule has 13 heteroatoms.